The molecule has 0 aliphatic carbocycles. The van der Waals surface area contributed by atoms with Gasteiger partial charge in [-0.2, -0.15) is 0 Å². The van der Waals surface area contributed by atoms with Crippen LogP contribution in [0.3, 0.4) is 0 Å². The summed E-state index contributed by atoms with van der Waals surface area (Å²) in [7, 11) is 0. The maximum Gasteiger partial charge on any atom is 0.253 e. The number of allylic oxidation sites excluding steroid dienone is 3. The van der Waals surface area contributed by atoms with Gasteiger partial charge in [-0.05, 0) is 73.1 Å². The van der Waals surface area contributed by atoms with Crippen molar-refractivity contribution in [2.24, 2.45) is 5.92 Å². The molecule has 0 saturated carbocycles. The van der Waals surface area contributed by atoms with Crippen molar-refractivity contribution < 1.29 is 4.79 Å². The number of carbonyl (C=O) groups is 1. The minimum atomic E-state index is 0.125. The van der Waals surface area contributed by atoms with Crippen LogP contribution in [-0.4, -0.2) is 28.9 Å². The van der Waals surface area contributed by atoms with Crippen molar-refractivity contribution >= 4 is 11.5 Å². The zero-order chi connectivity index (χ0) is 27.6. The Morgan fingerprint density at radius 2 is 1.79 bits per heavy atom. The van der Waals surface area contributed by atoms with E-state index < -0.39 is 0 Å². The number of nitrogens with one attached hydrogen (secondary N) is 1. The molecule has 0 bridgehead atoms. The SMILES string of the molecule is CC=C(NCc1cccnc1)/C(=C(/C#CCc1ccccc1)C(C)C)c1ccc(C(=O)N2CCCC2)cc1C. The minimum Gasteiger partial charge on any atom is -0.381 e. The molecule has 0 unspecified atom stereocenters. The van der Waals surface area contributed by atoms with Gasteiger partial charge in [0, 0.05) is 60.9 Å². The molecular weight excluding hydrogens is 478 g/mol. The Morgan fingerprint density at radius 1 is 1.05 bits per heavy atom. The lowest BCUT2D eigenvalue weighted by Gasteiger charge is -2.22. The summed E-state index contributed by atoms with van der Waals surface area (Å²) < 4.78 is 0. The molecule has 3 aromatic rings. The Balaban J connectivity index is 1.76. The normalized spacial score (nSPS) is 14.1. The largest absolute Gasteiger partial charge is 0.381 e. The summed E-state index contributed by atoms with van der Waals surface area (Å²) in [4.78, 5) is 19.3. The summed E-state index contributed by atoms with van der Waals surface area (Å²) in [6.45, 7) is 10.9. The smallest absolute Gasteiger partial charge is 0.253 e. The maximum atomic E-state index is 13.1. The lowest BCUT2D eigenvalue weighted by molar-refractivity contribution is 0.0792. The first kappa shape index (κ1) is 27.9. The van der Waals surface area contributed by atoms with Crippen LogP contribution in [0.4, 0.5) is 0 Å². The summed E-state index contributed by atoms with van der Waals surface area (Å²) in [5.74, 6) is 7.33. The Hall–Kier alpha value is -4.10. The third kappa shape index (κ3) is 7.27. The molecule has 1 aromatic heterocycles. The van der Waals surface area contributed by atoms with Gasteiger partial charge in [-0.3, -0.25) is 9.78 Å². The maximum absolute atomic E-state index is 13.1. The number of amides is 1. The third-order valence-corrected chi connectivity index (χ3v) is 7.10. The molecule has 4 heteroatoms. The first-order valence-electron chi connectivity index (χ1n) is 13.9. The lowest BCUT2D eigenvalue weighted by atomic mass is 9.87. The highest BCUT2D eigenvalue weighted by atomic mass is 16.2. The Bertz CT molecular complexity index is 1390. The van der Waals surface area contributed by atoms with Crippen molar-refractivity contribution in [2.45, 2.75) is 53.5 Å². The van der Waals surface area contributed by atoms with Crippen LogP contribution < -0.4 is 5.32 Å². The molecular formula is C35H39N3O. The van der Waals surface area contributed by atoms with Gasteiger partial charge in [-0.1, -0.05) is 74.2 Å². The number of likely N-dealkylation sites (tertiary alicyclic amines) is 1. The van der Waals surface area contributed by atoms with E-state index in [9.17, 15) is 4.79 Å². The van der Waals surface area contributed by atoms with Crippen molar-refractivity contribution in [1.82, 2.24) is 15.2 Å². The molecule has 1 amide bonds. The molecule has 1 N–H and O–H groups in total. The van der Waals surface area contributed by atoms with Crippen molar-refractivity contribution in [2.75, 3.05) is 13.1 Å². The number of rotatable bonds is 8. The topological polar surface area (TPSA) is 45.2 Å². The molecule has 2 heterocycles. The minimum absolute atomic E-state index is 0.125. The molecule has 1 aliphatic heterocycles. The van der Waals surface area contributed by atoms with Crippen molar-refractivity contribution in [3.05, 3.63) is 118 Å². The Kier molecular flexibility index (Phi) is 9.75. The van der Waals surface area contributed by atoms with E-state index in [1.807, 2.05) is 35.4 Å². The van der Waals surface area contributed by atoms with Crippen LogP contribution in [-0.2, 0) is 13.0 Å². The third-order valence-electron chi connectivity index (χ3n) is 7.10. The molecule has 0 spiro atoms. The number of hydrogen-bond acceptors (Lipinski definition) is 3. The van der Waals surface area contributed by atoms with Crippen LogP contribution in [0.2, 0.25) is 0 Å². The fourth-order valence-corrected chi connectivity index (χ4v) is 4.98. The van der Waals surface area contributed by atoms with E-state index in [1.54, 1.807) is 6.20 Å². The lowest BCUT2D eigenvalue weighted by Crippen LogP contribution is -2.27. The summed E-state index contributed by atoms with van der Waals surface area (Å²) in [6, 6.07) is 20.5. The van der Waals surface area contributed by atoms with Gasteiger partial charge in [-0.25, -0.2) is 0 Å². The number of nitrogens with zero attached hydrogens (tertiary/aromatic N) is 2. The van der Waals surface area contributed by atoms with Crippen molar-refractivity contribution in [3.8, 4) is 11.8 Å². The predicted molar refractivity (Wildman–Crippen MR) is 161 cm³/mol. The van der Waals surface area contributed by atoms with E-state index in [0.29, 0.717) is 13.0 Å². The van der Waals surface area contributed by atoms with E-state index >= 15 is 0 Å². The number of aryl methyl sites for hydroxylation is 1. The van der Waals surface area contributed by atoms with Gasteiger partial charge < -0.3 is 10.2 Å². The molecule has 1 aliphatic rings. The van der Waals surface area contributed by atoms with Gasteiger partial charge >= 0.3 is 0 Å². The van der Waals surface area contributed by atoms with Crippen molar-refractivity contribution in [1.29, 1.82) is 0 Å². The first-order valence-corrected chi connectivity index (χ1v) is 13.9. The van der Waals surface area contributed by atoms with E-state index in [2.05, 4.69) is 92.3 Å². The van der Waals surface area contributed by atoms with Crippen LogP contribution in [0.5, 0.6) is 0 Å². The summed E-state index contributed by atoms with van der Waals surface area (Å²) in [5, 5.41) is 3.66. The standard InChI is InChI=1S/C35H39N3O/c1-5-33(37-25-29-16-12-20-36-24-29)34(31(26(2)3)17-11-15-28-13-7-6-8-14-28)32-19-18-30(23-27(32)4)35(39)38-21-9-10-22-38/h5-8,12-14,16,18-20,23-24,26,37H,9-10,15,21-22,25H2,1-4H3/b33-5?,34-31-. The van der Waals surface area contributed by atoms with Gasteiger partial charge in [0.15, 0.2) is 0 Å². The fraction of sp³-hybridized carbons (Fsp3) is 0.314. The fourth-order valence-electron chi connectivity index (χ4n) is 4.98. The zero-order valence-corrected chi connectivity index (χ0v) is 23.6. The van der Waals surface area contributed by atoms with Gasteiger partial charge in [0.1, 0.15) is 0 Å². The van der Waals surface area contributed by atoms with E-state index in [0.717, 1.165) is 65.0 Å². The second-order valence-corrected chi connectivity index (χ2v) is 10.4. The average molecular weight is 518 g/mol. The summed E-state index contributed by atoms with van der Waals surface area (Å²) >= 11 is 0. The number of hydrogen-bond donors (Lipinski definition) is 1. The van der Waals surface area contributed by atoms with Crippen LogP contribution in [0.15, 0.2) is 90.4 Å². The van der Waals surface area contributed by atoms with Crippen LogP contribution in [0.25, 0.3) is 5.57 Å². The summed E-state index contributed by atoms with van der Waals surface area (Å²) in [5.41, 5.74) is 8.44. The number of benzene rings is 2. The molecule has 2 aromatic carbocycles. The number of carbonyl (C=O) groups excluding carboxylic acids is 1. The average Bonchev–Trinajstić information content (AvgIpc) is 3.50. The second kappa shape index (κ2) is 13.6. The highest BCUT2D eigenvalue weighted by Crippen LogP contribution is 2.32. The molecule has 0 radical (unpaired) electrons. The van der Waals surface area contributed by atoms with Gasteiger partial charge in [0.2, 0.25) is 0 Å². The van der Waals surface area contributed by atoms with E-state index in [4.69, 9.17) is 0 Å². The van der Waals surface area contributed by atoms with Gasteiger partial charge in [-0.15, -0.1) is 0 Å². The quantitative estimate of drug-likeness (QED) is 0.259. The van der Waals surface area contributed by atoms with Crippen LogP contribution in [0.1, 0.15) is 66.2 Å². The molecule has 200 valence electrons. The monoisotopic (exact) mass is 517 g/mol. The van der Waals surface area contributed by atoms with E-state index in [1.165, 1.54) is 5.56 Å². The highest BCUT2D eigenvalue weighted by molar-refractivity contribution is 5.96. The predicted octanol–water partition coefficient (Wildman–Crippen LogP) is 6.98. The summed E-state index contributed by atoms with van der Waals surface area (Å²) in [6.07, 6.45) is 8.66. The molecule has 39 heavy (non-hydrogen) atoms. The Morgan fingerprint density at radius 3 is 2.44 bits per heavy atom. The highest BCUT2D eigenvalue weighted by Gasteiger charge is 2.22. The Labute approximate surface area is 233 Å². The van der Waals surface area contributed by atoms with E-state index in [-0.39, 0.29) is 11.8 Å². The van der Waals surface area contributed by atoms with Gasteiger partial charge in [0.25, 0.3) is 5.91 Å². The van der Waals surface area contributed by atoms with Gasteiger partial charge in [0.05, 0.1) is 0 Å². The number of aromatic nitrogens is 1. The molecule has 0 atom stereocenters. The molecule has 4 rings (SSSR count). The second-order valence-electron chi connectivity index (χ2n) is 10.4. The first-order chi connectivity index (χ1) is 19.0. The molecule has 1 saturated heterocycles. The van der Waals surface area contributed by atoms with Crippen molar-refractivity contribution in [3.63, 3.8) is 0 Å². The number of pyridine rings is 1. The van der Waals surface area contributed by atoms with Crippen LogP contribution in [0, 0.1) is 24.7 Å². The molecule has 4 nitrogen and oxygen atoms in total. The van der Waals surface area contributed by atoms with Crippen LogP contribution >= 0.6 is 0 Å². The molecule has 1 fully saturated rings. The zero-order valence-electron chi connectivity index (χ0n) is 23.6.